The number of carbonyl (C=O) groups is 1. The number of hydrogen-bond donors (Lipinski definition) is 0. The molecule has 2 aromatic heterocycles. The number of ether oxygens (including phenoxy) is 1. The molecule has 8 nitrogen and oxygen atoms in total. The molecular formula is C24H32N6O2. The molecule has 0 N–H and O–H groups in total. The van der Waals surface area contributed by atoms with E-state index >= 15 is 0 Å². The number of benzene rings is 1. The van der Waals surface area contributed by atoms with Gasteiger partial charge in [0.15, 0.2) is 5.82 Å². The third-order valence-electron chi connectivity index (χ3n) is 5.58. The van der Waals surface area contributed by atoms with Crippen molar-refractivity contribution < 1.29 is 9.53 Å². The van der Waals surface area contributed by atoms with Gasteiger partial charge in [0.05, 0.1) is 17.4 Å². The number of hydrogen-bond acceptors (Lipinski definition) is 5. The number of piperidine rings is 1. The van der Waals surface area contributed by atoms with Gasteiger partial charge >= 0.3 is 6.09 Å². The predicted octanol–water partition coefficient (Wildman–Crippen LogP) is 4.63. The zero-order chi connectivity index (χ0) is 23.0. The molecule has 1 fully saturated rings. The van der Waals surface area contributed by atoms with E-state index in [1.54, 1.807) is 4.90 Å². The minimum atomic E-state index is -0.482. The zero-order valence-electron chi connectivity index (χ0n) is 19.8. The van der Waals surface area contributed by atoms with E-state index in [0.29, 0.717) is 13.1 Å². The Labute approximate surface area is 189 Å². The predicted molar refractivity (Wildman–Crippen MR) is 123 cm³/mol. The first-order valence-corrected chi connectivity index (χ1v) is 11.2. The van der Waals surface area contributed by atoms with Crippen molar-refractivity contribution in [2.75, 3.05) is 13.1 Å². The van der Waals surface area contributed by atoms with Crippen molar-refractivity contribution in [2.45, 2.75) is 66.0 Å². The Morgan fingerprint density at radius 3 is 2.25 bits per heavy atom. The summed E-state index contributed by atoms with van der Waals surface area (Å²) in [7, 11) is 0. The molecule has 0 bridgehead atoms. The van der Waals surface area contributed by atoms with Crippen molar-refractivity contribution in [3.05, 3.63) is 47.5 Å². The molecule has 1 amide bonds. The van der Waals surface area contributed by atoms with Gasteiger partial charge in [-0.15, -0.1) is 0 Å². The van der Waals surface area contributed by atoms with Gasteiger partial charge in [-0.3, -0.25) is 0 Å². The van der Waals surface area contributed by atoms with Crippen LogP contribution < -0.4 is 0 Å². The van der Waals surface area contributed by atoms with Crippen LogP contribution in [0.3, 0.4) is 0 Å². The number of likely N-dealkylation sites (tertiary alicyclic amines) is 1. The third kappa shape index (κ3) is 4.69. The van der Waals surface area contributed by atoms with E-state index in [2.05, 4.69) is 42.4 Å². The molecule has 0 unspecified atom stereocenters. The van der Waals surface area contributed by atoms with Crippen LogP contribution in [0, 0.1) is 20.8 Å². The Bertz CT molecular complexity index is 1100. The quantitative estimate of drug-likeness (QED) is 0.598. The number of aromatic nitrogens is 5. The van der Waals surface area contributed by atoms with E-state index in [1.165, 1.54) is 0 Å². The van der Waals surface area contributed by atoms with Gasteiger partial charge < -0.3 is 9.64 Å². The summed E-state index contributed by atoms with van der Waals surface area (Å²) in [6.07, 6.45) is 1.39. The lowest BCUT2D eigenvalue weighted by molar-refractivity contribution is 0.0185. The van der Waals surface area contributed by atoms with Crippen molar-refractivity contribution in [1.82, 2.24) is 29.4 Å². The van der Waals surface area contributed by atoms with Gasteiger partial charge in [0.2, 0.25) is 0 Å². The van der Waals surface area contributed by atoms with Crippen LogP contribution in [0.5, 0.6) is 0 Å². The Kier molecular flexibility index (Phi) is 5.79. The van der Waals surface area contributed by atoms with Gasteiger partial charge in [-0.05, 0) is 84.7 Å². The summed E-state index contributed by atoms with van der Waals surface area (Å²) in [5.74, 6) is 1.61. The highest BCUT2D eigenvalue weighted by molar-refractivity contribution is 5.68. The van der Waals surface area contributed by atoms with Gasteiger partial charge in [0.1, 0.15) is 11.4 Å². The molecule has 32 heavy (non-hydrogen) atoms. The third-order valence-corrected chi connectivity index (χ3v) is 5.58. The maximum absolute atomic E-state index is 12.4. The molecule has 3 aromatic rings. The van der Waals surface area contributed by atoms with Crippen molar-refractivity contribution >= 4 is 6.09 Å². The van der Waals surface area contributed by atoms with E-state index in [-0.39, 0.29) is 12.1 Å². The molecule has 0 atom stereocenters. The van der Waals surface area contributed by atoms with Crippen molar-refractivity contribution in [3.63, 3.8) is 0 Å². The van der Waals surface area contributed by atoms with Gasteiger partial charge in [0.25, 0.3) is 0 Å². The highest BCUT2D eigenvalue weighted by Crippen LogP contribution is 2.29. The van der Waals surface area contributed by atoms with Crippen LogP contribution in [0.2, 0.25) is 0 Å². The lowest BCUT2D eigenvalue weighted by Crippen LogP contribution is -2.42. The zero-order valence-corrected chi connectivity index (χ0v) is 19.8. The maximum atomic E-state index is 12.4. The van der Waals surface area contributed by atoms with Crippen LogP contribution in [0.1, 0.15) is 56.9 Å². The van der Waals surface area contributed by atoms with E-state index in [9.17, 15) is 4.79 Å². The van der Waals surface area contributed by atoms with Gasteiger partial charge in [-0.1, -0.05) is 0 Å². The van der Waals surface area contributed by atoms with Crippen molar-refractivity contribution in [2.24, 2.45) is 0 Å². The second-order valence-electron chi connectivity index (χ2n) is 9.51. The lowest BCUT2D eigenvalue weighted by atomic mass is 10.0. The normalized spacial score (nSPS) is 15.2. The van der Waals surface area contributed by atoms with Gasteiger partial charge in [-0.2, -0.15) is 10.2 Å². The maximum Gasteiger partial charge on any atom is 0.410 e. The first-order chi connectivity index (χ1) is 15.1. The summed E-state index contributed by atoms with van der Waals surface area (Å²) >= 11 is 0. The Morgan fingerprint density at radius 1 is 1.03 bits per heavy atom. The van der Waals surface area contributed by atoms with Crippen LogP contribution in [-0.4, -0.2) is 54.2 Å². The number of aryl methyl sites for hydroxylation is 3. The molecule has 3 heterocycles. The van der Waals surface area contributed by atoms with Gasteiger partial charge in [-0.25, -0.2) is 19.1 Å². The van der Waals surface area contributed by atoms with E-state index in [0.717, 1.165) is 47.1 Å². The molecule has 0 aliphatic carbocycles. The fourth-order valence-corrected chi connectivity index (χ4v) is 4.14. The number of carbonyl (C=O) groups excluding carboxylic acids is 1. The smallest absolute Gasteiger partial charge is 0.410 e. The van der Waals surface area contributed by atoms with Crippen LogP contribution in [-0.2, 0) is 4.74 Å². The largest absolute Gasteiger partial charge is 0.444 e. The SMILES string of the molecule is Cc1cc(C)n(-c2ccc(-c3nc(C)nn3C3CCN(C(=O)OC(C)(C)C)CC3)cc2)n1. The van der Waals surface area contributed by atoms with Crippen LogP contribution >= 0.6 is 0 Å². The molecule has 4 rings (SSSR count). The van der Waals surface area contributed by atoms with Gasteiger partial charge in [0, 0.05) is 24.3 Å². The molecule has 1 aromatic carbocycles. The summed E-state index contributed by atoms with van der Waals surface area (Å²) in [5.41, 5.74) is 3.66. The van der Waals surface area contributed by atoms with E-state index in [4.69, 9.17) is 14.8 Å². The highest BCUT2D eigenvalue weighted by atomic mass is 16.6. The van der Waals surface area contributed by atoms with Crippen LogP contribution in [0.25, 0.3) is 17.1 Å². The molecule has 170 valence electrons. The number of rotatable bonds is 3. The molecule has 1 saturated heterocycles. The average molecular weight is 437 g/mol. The van der Waals surface area contributed by atoms with Crippen molar-refractivity contribution in [1.29, 1.82) is 0 Å². The molecular weight excluding hydrogens is 404 g/mol. The molecule has 0 saturated carbocycles. The molecule has 1 aliphatic rings. The second kappa shape index (κ2) is 8.41. The minimum absolute atomic E-state index is 0.195. The number of amides is 1. The first kappa shape index (κ1) is 22.0. The fourth-order valence-electron chi connectivity index (χ4n) is 4.14. The Balaban J connectivity index is 1.50. The summed E-state index contributed by atoms with van der Waals surface area (Å²) in [5, 5.41) is 9.25. The topological polar surface area (TPSA) is 78.1 Å². The lowest BCUT2D eigenvalue weighted by Gasteiger charge is -2.33. The molecule has 0 spiro atoms. The average Bonchev–Trinajstić information content (AvgIpc) is 3.28. The fraction of sp³-hybridized carbons (Fsp3) is 0.500. The summed E-state index contributed by atoms with van der Waals surface area (Å²) in [6, 6.07) is 10.5. The summed E-state index contributed by atoms with van der Waals surface area (Å²) in [4.78, 5) is 18.9. The summed E-state index contributed by atoms with van der Waals surface area (Å²) in [6.45, 7) is 12.9. The monoisotopic (exact) mass is 436 g/mol. The molecule has 1 aliphatic heterocycles. The Morgan fingerprint density at radius 2 is 1.69 bits per heavy atom. The summed E-state index contributed by atoms with van der Waals surface area (Å²) < 4.78 is 9.49. The molecule has 0 radical (unpaired) electrons. The number of nitrogens with zero attached hydrogens (tertiary/aromatic N) is 6. The standard InChI is InChI=1S/C24H32N6O2/c1-16-15-17(2)29(26-16)20-9-7-19(8-10-20)22-25-18(3)27-30(22)21-11-13-28(14-12-21)23(31)32-24(4,5)6/h7-10,15,21H,11-14H2,1-6H3. The van der Waals surface area contributed by atoms with Crippen LogP contribution in [0.15, 0.2) is 30.3 Å². The van der Waals surface area contributed by atoms with E-state index < -0.39 is 5.60 Å². The second-order valence-corrected chi connectivity index (χ2v) is 9.51. The minimum Gasteiger partial charge on any atom is -0.444 e. The molecule has 8 heteroatoms. The van der Waals surface area contributed by atoms with Crippen molar-refractivity contribution in [3.8, 4) is 17.1 Å². The van der Waals surface area contributed by atoms with E-state index in [1.807, 2.05) is 44.0 Å². The Hall–Kier alpha value is -3.16. The highest BCUT2D eigenvalue weighted by Gasteiger charge is 2.29. The van der Waals surface area contributed by atoms with Crippen LogP contribution in [0.4, 0.5) is 4.79 Å². The first-order valence-electron chi connectivity index (χ1n) is 11.2.